The van der Waals surface area contributed by atoms with E-state index >= 15 is 0 Å². The smallest absolute Gasteiger partial charge is 0.288 e. The lowest BCUT2D eigenvalue weighted by Gasteiger charge is -2.10. The molecule has 0 saturated heterocycles. The summed E-state index contributed by atoms with van der Waals surface area (Å²) in [7, 11) is 0. The van der Waals surface area contributed by atoms with Crippen LogP contribution in [-0.2, 0) is 12.7 Å². The lowest BCUT2D eigenvalue weighted by Crippen LogP contribution is -2.16. The number of amides is 1. The molecule has 1 saturated carbocycles. The van der Waals surface area contributed by atoms with Crippen LogP contribution in [0.25, 0.3) is 5.65 Å². The molecule has 0 aliphatic heterocycles. The van der Waals surface area contributed by atoms with Crippen LogP contribution in [0.5, 0.6) is 0 Å². The predicted octanol–water partition coefficient (Wildman–Crippen LogP) is 3.83. The molecule has 0 bridgehead atoms. The van der Waals surface area contributed by atoms with Crippen molar-refractivity contribution in [3.63, 3.8) is 0 Å². The summed E-state index contributed by atoms with van der Waals surface area (Å²) in [4.78, 5) is 20.9. The Morgan fingerprint density at radius 1 is 1.16 bits per heavy atom. The number of fused-ring (bicyclic) bond motifs is 1. The van der Waals surface area contributed by atoms with Crippen molar-refractivity contribution in [2.45, 2.75) is 38.4 Å². The summed E-state index contributed by atoms with van der Waals surface area (Å²) < 4.78 is 42.8. The van der Waals surface area contributed by atoms with Crippen molar-refractivity contribution in [2.75, 3.05) is 5.32 Å². The number of anilines is 1. The van der Waals surface area contributed by atoms with Gasteiger partial charge in [0.1, 0.15) is 12.0 Å². The van der Waals surface area contributed by atoms with Gasteiger partial charge in [0.05, 0.1) is 6.54 Å². The second-order valence-corrected chi connectivity index (χ2v) is 7.84. The van der Waals surface area contributed by atoms with Crippen molar-refractivity contribution in [3.05, 3.63) is 70.9 Å². The number of carbonyl (C=O) groups excluding carboxylic acids is 1. The quantitative estimate of drug-likeness (QED) is 0.509. The topological polar surface area (TPSA) is 90.0 Å². The molecule has 4 aromatic rings. The molecule has 32 heavy (non-hydrogen) atoms. The number of hydrogen-bond acceptors (Lipinski definition) is 5. The monoisotopic (exact) mass is 441 g/mol. The molecular weight excluding hydrogens is 423 g/mol. The highest BCUT2D eigenvalue weighted by Gasteiger charge is 2.37. The summed E-state index contributed by atoms with van der Waals surface area (Å²) in [6.07, 6.45) is -1.55. The molecule has 11 heteroatoms. The van der Waals surface area contributed by atoms with Gasteiger partial charge in [-0.15, -0.1) is 5.10 Å². The van der Waals surface area contributed by atoms with Gasteiger partial charge in [0, 0.05) is 17.7 Å². The summed E-state index contributed by atoms with van der Waals surface area (Å²) in [5.74, 6) is -0.665. The first-order valence-corrected chi connectivity index (χ1v) is 10.0. The fourth-order valence-corrected chi connectivity index (χ4v) is 3.37. The SMILES string of the molecule is Cc1ccc(Cn2cnc(NC(=O)c3cc4nc(C5CC5)cc(C(F)(F)F)n4n3)n2)cc1. The molecule has 5 rings (SSSR count). The molecular formula is C21H18F3N7O. The van der Waals surface area contributed by atoms with Gasteiger partial charge in [-0.1, -0.05) is 29.8 Å². The molecule has 0 unspecified atom stereocenters. The van der Waals surface area contributed by atoms with Gasteiger partial charge in [0.15, 0.2) is 11.3 Å². The highest BCUT2D eigenvalue weighted by Crippen LogP contribution is 2.41. The summed E-state index contributed by atoms with van der Waals surface area (Å²) >= 11 is 0. The van der Waals surface area contributed by atoms with Crippen molar-refractivity contribution < 1.29 is 18.0 Å². The molecule has 8 nitrogen and oxygen atoms in total. The molecule has 3 aromatic heterocycles. The lowest BCUT2D eigenvalue weighted by atomic mass is 10.1. The van der Waals surface area contributed by atoms with E-state index in [4.69, 9.17) is 0 Å². The fraction of sp³-hybridized carbons (Fsp3) is 0.286. The number of carbonyl (C=O) groups is 1. The number of nitrogens with one attached hydrogen (secondary N) is 1. The standard InChI is InChI=1S/C21H18F3N7O/c1-12-2-4-13(5-3-12)10-30-11-25-20(29-30)27-19(32)16-9-18-26-15(14-6-7-14)8-17(21(22,23)24)31(18)28-16/h2-5,8-9,11,14H,6-7,10H2,1H3,(H,27,29,32). The van der Waals surface area contributed by atoms with Crippen LogP contribution in [0.1, 0.15) is 51.8 Å². The predicted molar refractivity (Wildman–Crippen MR) is 108 cm³/mol. The zero-order chi connectivity index (χ0) is 22.5. The first kappa shape index (κ1) is 20.2. The Balaban J connectivity index is 1.37. The van der Waals surface area contributed by atoms with Crippen LogP contribution in [-0.4, -0.2) is 35.3 Å². The highest BCUT2D eigenvalue weighted by molar-refractivity contribution is 6.02. The van der Waals surface area contributed by atoms with Crippen LogP contribution in [0.4, 0.5) is 19.1 Å². The van der Waals surface area contributed by atoms with E-state index in [2.05, 4.69) is 25.5 Å². The van der Waals surface area contributed by atoms with Gasteiger partial charge >= 0.3 is 6.18 Å². The minimum absolute atomic E-state index is 0.0231. The number of alkyl halides is 3. The molecule has 3 heterocycles. The normalized spacial score (nSPS) is 14.1. The number of benzene rings is 1. The summed E-state index contributed by atoms with van der Waals surface area (Å²) in [6.45, 7) is 2.45. The van der Waals surface area contributed by atoms with Crippen LogP contribution >= 0.6 is 0 Å². The van der Waals surface area contributed by atoms with E-state index in [1.54, 1.807) is 4.68 Å². The first-order valence-electron chi connectivity index (χ1n) is 10.0. The van der Waals surface area contributed by atoms with E-state index in [9.17, 15) is 18.0 Å². The van der Waals surface area contributed by atoms with Crippen LogP contribution in [0.15, 0.2) is 42.7 Å². The van der Waals surface area contributed by atoms with Crippen LogP contribution in [0.3, 0.4) is 0 Å². The third-order valence-corrected chi connectivity index (χ3v) is 5.19. The van der Waals surface area contributed by atoms with Gasteiger partial charge in [-0.05, 0) is 31.4 Å². The number of hydrogen-bond donors (Lipinski definition) is 1. The maximum absolute atomic E-state index is 13.5. The zero-order valence-electron chi connectivity index (χ0n) is 17.0. The maximum atomic E-state index is 13.5. The van der Waals surface area contributed by atoms with E-state index in [0.29, 0.717) is 16.8 Å². The Labute approximate surface area is 180 Å². The third-order valence-electron chi connectivity index (χ3n) is 5.19. The van der Waals surface area contributed by atoms with Crippen molar-refractivity contribution in [3.8, 4) is 0 Å². The van der Waals surface area contributed by atoms with Gasteiger partial charge in [-0.3, -0.25) is 10.1 Å². The molecule has 0 radical (unpaired) electrons. The molecule has 0 atom stereocenters. The Morgan fingerprint density at radius 3 is 2.59 bits per heavy atom. The molecule has 1 aliphatic carbocycles. The Bertz CT molecular complexity index is 1300. The molecule has 164 valence electrons. The Morgan fingerprint density at radius 2 is 1.91 bits per heavy atom. The van der Waals surface area contributed by atoms with E-state index in [1.165, 1.54) is 12.4 Å². The first-order chi connectivity index (χ1) is 15.3. The average Bonchev–Trinajstić information content (AvgIpc) is 3.35. The average molecular weight is 441 g/mol. The second-order valence-electron chi connectivity index (χ2n) is 7.84. The fourth-order valence-electron chi connectivity index (χ4n) is 3.37. The Hall–Kier alpha value is -3.76. The van der Waals surface area contributed by atoms with E-state index in [-0.39, 0.29) is 23.2 Å². The highest BCUT2D eigenvalue weighted by atomic mass is 19.4. The molecule has 1 amide bonds. The number of halogens is 3. The maximum Gasteiger partial charge on any atom is 0.433 e. The van der Waals surface area contributed by atoms with Crippen molar-refractivity contribution in [2.24, 2.45) is 0 Å². The minimum atomic E-state index is -4.62. The summed E-state index contributed by atoms with van der Waals surface area (Å²) in [5, 5.41) is 10.5. The summed E-state index contributed by atoms with van der Waals surface area (Å²) in [6, 6.07) is 10.1. The van der Waals surface area contributed by atoms with Crippen LogP contribution < -0.4 is 5.32 Å². The Kier molecular flexibility index (Phi) is 4.68. The van der Waals surface area contributed by atoms with Crippen molar-refractivity contribution in [1.82, 2.24) is 29.4 Å². The van der Waals surface area contributed by atoms with Gasteiger partial charge in [0.25, 0.3) is 5.91 Å². The van der Waals surface area contributed by atoms with Crippen molar-refractivity contribution >= 4 is 17.5 Å². The van der Waals surface area contributed by atoms with Gasteiger partial charge in [0.2, 0.25) is 5.95 Å². The largest absolute Gasteiger partial charge is 0.433 e. The zero-order valence-corrected chi connectivity index (χ0v) is 17.0. The summed E-state index contributed by atoms with van der Waals surface area (Å²) in [5.41, 5.74) is 1.34. The van der Waals surface area contributed by atoms with Crippen LogP contribution in [0, 0.1) is 6.92 Å². The van der Waals surface area contributed by atoms with E-state index in [1.807, 2.05) is 31.2 Å². The van der Waals surface area contributed by atoms with Gasteiger partial charge in [-0.25, -0.2) is 19.2 Å². The molecule has 1 N–H and O–H groups in total. The van der Waals surface area contributed by atoms with E-state index < -0.39 is 17.8 Å². The third kappa shape index (κ3) is 4.05. The van der Waals surface area contributed by atoms with Crippen molar-refractivity contribution in [1.29, 1.82) is 0 Å². The molecule has 1 aliphatic rings. The molecule has 0 spiro atoms. The lowest BCUT2D eigenvalue weighted by molar-refractivity contribution is -0.142. The second kappa shape index (κ2) is 7.43. The number of aromatic nitrogens is 6. The molecule has 1 aromatic carbocycles. The number of rotatable bonds is 5. The number of nitrogens with zero attached hydrogens (tertiary/aromatic N) is 6. The van der Waals surface area contributed by atoms with Gasteiger partial charge < -0.3 is 0 Å². The van der Waals surface area contributed by atoms with Gasteiger partial charge in [-0.2, -0.15) is 18.3 Å². The van der Waals surface area contributed by atoms with Crippen LogP contribution in [0.2, 0.25) is 0 Å². The van der Waals surface area contributed by atoms with E-state index in [0.717, 1.165) is 30.0 Å². The molecule has 1 fully saturated rings. The number of aryl methyl sites for hydroxylation is 1. The minimum Gasteiger partial charge on any atom is -0.288 e.